The van der Waals surface area contributed by atoms with Gasteiger partial charge in [0.15, 0.2) is 0 Å². The number of nitrogens with one attached hydrogen (secondary N) is 1. The maximum Gasteiger partial charge on any atom is 0.306 e. The minimum absolute atomic E-state index is 0.0662. The topological polar surface area (TPSA) is 216 Å². The summed E-state index contributed by atoms with van der Waals surface area (Å²) >= 11 is 7.25. The predicted octanol–water partition coefficient (Wildman–Crippen LogP) is 8.47. The molecule has 0 fully saturated rings. The van der Waals surface area contributed by atoms with Crippen LogP contribution < -0.4 is 24.3 Å². The van der Waals surface area contributed by atoms with Crippen LogP contribution >= 0.6 is 31.9 Å². The summed E-state index contributed by atoms with van der Waals surface area (Å²) in [5.74, 6) is -0.779. The number of ether oxygens (including phenoxy) is 4. The number of aliphatic hydroxyl groups excluding tert-OH is 2. The third-order valence-electron chi connectivity index (χ3n) is 10.6. The third-order valence-corrected chi connectivity index (χ3v) is 11.7. The number of halogens is 2. The highest BCUT2D eigenvalue weighted by Gasteiger charge is 2.19. The molecule has 0 saturated heterocycles. The van der Waals surface area contributed by atoms with Crippen LogP contribution in [0.1, 0.15) is 70.2 Å². The van der Waals surface area contributed by atoms with Crippen LogP contribution in [0.15, 0.2) is 107 Å². The smallest absolute Gasteiger partial charge is 0.306 e. The first-order valence-electron chi connectivity index (χ1n) is 21.2. The van der Waals surface area contributed by atoms with E-state index in [4.69, 9.17) is 39.1 Å². The van der Waals surface area contributed by atoms with E-state index in [0.29, 0.717) is 57.3 Å². The van der Waals surface area contributed by atoms with Crippen molar-refractivity contribution in [3.05, 3.63) is 151 Å². The number of hydrogen-bond donors (Lipinski definition) is 5. The van der Waals surface area contributed by atoms with Gasteiger partial charge in [-0.15, -0.1) is 0 Å². The van der Waals surface area contributed by atoms with Gasteiger partial charge in [0, 0.05) is 60.1 Å². The van der Waals surface area contributed by atoms with Crippen LogP contribution in [0.25, 0.3) is 11.1 Å². The van der Waals surface area contributed by atoms with Crippen molar-refractivity contribution < 1.29 is 49.0 Å². The fourth-order valence-electron chi connectivity index (χ4n) is 7.05. The zero-order valence-corrected chi connectivity index (χ0v) is 39.6. The van der Waals surface area contributed by atoms with E-state index in [1.54, 1.807) is 24.8 Å². The van der Waals surface area contributed by atoms with Gasteiger partial charge < -0.3 is 44.7 Å². The Morgan fingerprint density at radius 1 is 0.621 bits per heavy atom. The number of aliphatic hydroxyl groups is 2. The summed E-state index contributed by atoms with van der Waals surface area (Å²) in [5, 5.41) is 41.3. The average molecular weight is 1030 g/mol. The molecule has 4 aromatic heterocycles. The number of nitrogens with zero attached hydrogens (tertiary/aromatic N) is 4. The van der Waals surface area contributed by atoms with Crippen molar-refractivity contribution in [2.45, 2.75) is 91.1 Å². The van der Waals surface area contributed by atoms with Crippen molar-refractivity contribution >= 4 is 43.8 Å². The molecular weight excluding hydrogens is 978 g/mol. The van der Waals surface area contributed by atoms with E-state index >= 15 is 0 Å². The largest absolute Gasteiger partial charge is 0.481 e. The molecule has 0 bridgehead atoms. The van der Waals surface area contributed by atoms with Gasteiger partial charge in [0.2, 0.25) is 23.5 Å². The quantitative estimate of drug-likeness (QED) is 0.0364. The molecule has 17 heteroatoms. The molecule has 6 rings (SSSR count). The van der Waals surface area contributed by atoms with Gasteiger partial charge >= 0.3 is 11.9 Å². The van der Waals surface area contributed by atoms with Gasteiger partial charge in [0.25, 0.3) is 0 Å². The maximum absolute atomic E-state index is 11.1. The molecule has 2 aromatic carbocycles. The summed E-state index contributed by atoms with van der Waals surface area (Å²) in [4.78, 5) is 39.9. The predicted molar refractivity (Wildman–Crippen MR) is 252 cm³/mol. The lowest BCUT2D eigenvalue weighted by atomic mass is 9.92. The van der Waals surface area contributed by atoms with Crippen LogP contribution in [0, 0.1) is 13.8 Å². The first-order chi connectivity index (χ1) is 31.8. The molecule has 0 aliphatic carbocycles. The number of rotatable bonds is 25. The lowest BCUT2D eigenvalue weighted by Crippen LogP contribution is -2.28. The van der Waals surface area contributed by atoms with E-state index in [0.717, 1.165) is 50.1 Å². The fourth-order valence-corrected chi connectivity index (χ4v) is 8.01. The SMILES string of the molecule is Cc1c(COc2nc(OCc3cccnc3)c(CCC[C@@H](O)CC(=O)O)cc2Br)cccc1-c1cccc(COc2nc(OCc3cccnc3)c(CNC[C@@H](O)CC(=O)O)cc2Br)c1C. The summed E-state index contributed by atoms with van der Waals surface area (Å²) in [6.45, 7) is 5.28. The Bertz CT molecular complexity index is 2390. The van der Waals surface area contributed by atoms with E-state index in [-0.39, 0.29) is 52.4 Å². The molecule has 0 spiro atoms. The monoisotopic (exact) mass is 1030 g/mol. The van der Waals surface area contributed by atoms with Gasteiger partial charge in [-0.05, 0) is 123 Å². The number of hydrogen-bond acceptors (Lipinski definition) is 13. The highest BCUT2D eigenvalue weighted by molar-refractivity contribution is 9.10. The van der Waals surface area contributed by atoms with Gasteiger partial charge in [0.05, 0.1) is 34.0 Å². The molecule has 0 radical (unpaired) electrons. The molecule has 0 aliphatic rings. The van der Waals surface area contributed by atoms with Gasteiger partial charge in [-0.25, -0.2) is 0 Å². The van der Waals surface area contributed by atoms with Gasteiger partial charge in [0.1, 0.15) is 26.4 Å². The summed E-state index contributed by atoms with van der Waals surface area (Å²) in [5.41, 5.74) is 9.17. The summed E-state index contributed by atoms with van der Waals surface area (Å²) in [7, 11) is 0. The standard InChI is InChI=1S/C49H51Br2N5O10/c1-30-35(28-65-48-42(50)18-34(10-3-13-38(57)20-44(59)60)46(55-48)63-26-32-8-6-16-52-22-32)11-4-14-40(30)41-15-5-12-36(31(41)2)29-66-49-43(51)19-37(24-54-25-39(58)21-45(61)62)47(56-49)64-27-33-9-7-17-53-23-33/h4-9,11-12,14-19,22-23,38-39,54,57-58H,3,10,13,20-21,24-29H2,1-2H3,(H,59,60)(H,61,62)/t38-,39+/m1/s1. The summed E-state index contributed by atoms with van der Waals surface area (Å²) < 4.78 is 26.2. The number of pyridine rings is 4. The molecule has 66 heavy (non-hydrogen) atoms. The molecule has 0 aliphatic heterocycles. The first kappa shape index (κ1) is 49.5. The number of benzene rings is 2. The van der Waals surface area contributed by atoms with Gasteiger partial charge in [-0.3, -0.25) is 19.6 Å². The maximum atomic E-state index is 11.1. The molecular formula is C49H51Br2N5O10. The first-order valence-corrected chi connectivity index (χ1v) is 22.8. The molecule has 6 aromatic rings. The lowest BCUT2D eigenvalue weighted by Gasteiger charge is -2.18. The highest BCUT2D eigenvalue weighted by Crippen LogP contribution is 2.35. The zero-order chi connectivity index (χ0) is 47.0. The van der Waals surface area contributed by atoms with Crippen molar-refractivity contribution in [1.29, 1.82) is 0 Å². The molecule has 0 amide bonds. The molecule has 0 unspecified atom stereocenters. The van der Waals surface area contributed by atoms with E-state index in [1.807, 2.05) is 60.7 Å². The number of carbonyl (C=O) groups is 2. The summed E-state index contributed by atoms with van der Waals surface area (Å²) in [6.07, 6.45) is 5.44. The Morgan fingerprint density at radius 3 is 1.61 bits per heavy atom. The number of aryl methyl sites for hydroxylation is 1. The Hall–Kier alpha value is -5.98. The molecule has 4 heterocycles. The Labute approximate surface area is 399 Å². The fraction of sp³-hybridized carbons (Fsp3) is 0.306. The Morgan fingerprint density at radius 2 is 1.11 bits per heavy atom. The number of carboxylic acids is 2. The van der Waals surface area contributed by atoms with Crippen molar-refractivity contribution in [1.82, 2.24) is 25.3 Å². The second-order valence-electron chi connectivity index (χ2n) is 15.6. The molecule has 5 N–H and O–H groups in total. The van der Waals surface area contributed by atoms with Crippen LogP contribution in [0.5, 0.6) is 23.5 Å². The highest BCUT2D eigenvalue weighted by atomic mass is 79.9. The Balaban J connectivity index is 1.16. The van der Waals surface area contributed by atoms with Crippen LogP contribution in [0.4, 0.5) is 0 Å². The van der Waals surface area contributed by atoms with E-state index in [1.165, 1.54) is 0 Å². The van der Waals surface area contributed by atoms with Crippen molar-refractivity contribution in [2.75, 3.05) is 6.54 Å². The average Bonchev–Trinajstić information content (AvgIpc) is 3.28. The van der Waals surface area contributed by atoms with Crippen molar-refractivity contribution in [3.8, 4) is 34.6 Å². The minimum atomic E-state index is -1.08. The second kappa shape index (κ2) is 24.5. The second-order valence-corrected chi connectivity index (χ2v) is 17.3. The summed E-state index contributed by atoms with van der Waals surface area (Å²) in [6, 6.07) is 23.3. The van der Waals surface area contributed by atoms with E-state index in [2.05, 4.69) is 73.1 Å². The Kier molecular flexibility index (Phi) is 18.4. The minimum Gasteiger partial charge on any atom is -0.481 e. The zero-order valence-electron chi connectivity index (χ0n) is 36.5. The van der Waals surface area contributed by atoms with Crippen LogP contribution in [0.2, 0.25) is 0 Å². The normalized spacial score (nSPS) is 12.0. The number of carboxylic acid groups (broad SMARTS) is 2. The van der Waals surface area contributed by atoms with Gasteiger partial charge in [-0.2, -0.15) is 9.97 Å². The molecule has 2 atom stereocenters. The van der Waals surface area contributed by atoms with Crippen LogP contribution in [0.3, 0.4) is 0 Å². The van der Waals surface area contributed by atoms with Gasteiger partial charge in [-0.1, -0.05) is 48.5 Å². The molecule has 346 valence electrons. The van der Waals surface area contributed by atoms with Crippen molar-refractivity contribution in [3.63, 3.8) is 0 Å². The molecule has 15 nitrogen and oxygen atoms in total. The molecule has 0 saturated carbocycles. The van der Waals surface area contributed by atoms with E-state index < -0.39 is 24.1 Å². The third kappa shape index (κ3) is 14.5. The van der Waals surface area contributed by atoms with Crippen LogP contribution in [-0.4, -0.2) is 71.1 Å². The van der Waals surface area contributed by atoms with Crippen molar-refractivity contribution in [2.24, 2.45) is 0 Å². The lowest BCUT2D eigenvalue weighted by molar-refractivity contribution is -0.140. The number of aromatic nitrogens is 4. The number of aliphatic carboxylic acids is 2. The van der Waals surface area contributed by atoms with E-state index in [9.17, 15) is 19.8 Å². The van der Waals surface area contributed by atoms with Crippen LogP contribution in [-0.2, 0) is 49.0 Å².